The van der Waals surface area contributed by atoms with Crippen molar-refractivity contribution in [2.45, 2.75) is 45.6 Å². The van der Waals surface area contributed by atoms with Gasteiger partial charge in [-0.05, 0) is 41.5 Å². The molecule has 1 N–H and O–H groups in total. The van der Waals surface area contributed by atoms with Crippen molar-refractivity contribution in [2.75, 3.05) is 0 Å². The van der Waals surface area contributed by atoms with Gasteiger partial charge in [0.1, 0.15) is 6.10 Å². The van der Waals surface area contributed by atoms with Crippen molar-refractivity contribution in [3.8, 4) is 0 Å². The summed E-state index contributed by atoms with van der Waals surface area (Å²) in [5.41, 5.74) is 4.57. The van der Waals surface area contributed by atoms with E-state index in [1.165, 1.54) is 24.0 Å². The molecule has 1 heteroatoms. The molecule has 0 aliphatic carbocycles. The molecule has 0 heterocycles. The summed E-state index contributed by atoms with van der Waals surface area (Å²) in [6.45, 7) is 4.33. The molecule has 1 unspecified atom stereocenters. The van der Waals surface area contributed by atoms with E-state index in [1.807, 2.05) is 18.2 Å². The molecule has 2 aromatic rings. The maximum Gasteiger partial charge on any atom is 0.104 e. The Labute approximate surface area is 122 Å². The fraction of sp³-hybridized carbons (Fsp3) is 0.368. The van der Waals surface area contributed by atoms with Gasteiger partial charge in [0.15, 0.2) is 0 Å². The summed E-state index contributed by atoms with van der Waals surface area (Å²) in [5.74, 6) is 0. The van der Waals surface area contributed by atoms with E-state index in [-0.39, 0.29) is 0 Å². The number of hydrogen-bond donors (Lipinski definition) is 1. The molecule has 106 valence electrons. The number of unbranched alkanes of at least 4 members (excludes halogenated alkanes) is 1. The SMILES string of the molecule is CCCCc1ccc(C(O)c2ccccc2CC)cc1. The van der Waals surface area contributed by atoms with Gasteiger partial charge in [-0.3, -0.25) is 0 Å². The third-order valence-corrected chi connectivity index (χ3v) is 3.85. The molecular formula is C19H24O. The summed E-state index contributed by atoms with van der Waals surface area (Å²) in [7, 11) is 0. The van der Waals surface area contributed by atoms with Crippen LogP contribution < -0.4 is 0 Å². The van der Waals surface area contributed by atoms with Crippen LogP contribution in [0.15, 0.2) is 48.5 Å². The van der Waals surface area contributed by atoms with E-state index < -0.39 is 6.10 Å². The van der Waals surface area contributed by atoms with Crippen LogP contribution in [-0.4, -0.2) is 5.11 Å². The Morgan fingerprint density at radius 1 is 0.950 bits per heavy atom. The molecule has 1 atom stereocenters. The molecule has 20 heavy (non-hydrogen) atoms. The first kappa shape index (κ1) is 14.8. The number of aliphatic hydroxyl groups is 1. The van der Waals surface area contributed by atoms with Crippen LogP contribution in [0.1, 0.15) is 55.0 Å². The summed E-state index contributed by atoms with van der Waals surface area (Å²) in [4.78, 5) is 0. The maximum atomic E-state index is 10.6. The van der Waals surface area contributed by atoms with E-state index in [9.17, 15) is 5.11 Å². The highest BCUT2D eigenvalue weighted by molar-refractivity contribution is 5.36. The number of benzene rings is 2. The summed E-state index contributed by atoms with van der Waals surface area (Å²) >= 11 is 0. The van der Waals surface area contributed by atoms with Crippen LogP contribution >= 0.6 is 0 Å². The minimum absolute atomic E-state index is 0.522. The van der Waals surface area contributed by atoms with E-state index in [1.54, 1.807) is 0 Å². The van der Waals surface area contributed by atoms with Crippen LogP contribution in [0.2, 0.25) is 0 Å². The minimum Gasteiger partial charge on any atom is -0.384 e. The molecule has 1 nitrogen and oxygen atoms in total. The van der Waals surface area contributed by atoms with Crippen LogP contribution in [0.3, 0.4) is 0 Å². The first-order valence-electron chi connectivity index (χ1n) is 7.61. The van der Waals surface area contributed by atoms with Crippen molar-refractivity contribution >= 4 is 0 Å². The van der Waals surface area contributed by atoms with Gasteiger partial charge in [-0.25, -0.2) is 0 Å². The molecule has 0 aliphatic rings. The molecule has 0 amide bonds. The summed E-state index contributed by atoms with van der Waals surface area (Å²) in [5, 5.41) is 10.6. The van der Waals surface area contributed by atoms with Crippen molar-refractivity contribution in [1.29, 1.82) is 0 Å². The lowest BCUT2D eigenvalue weighted by atomic mass is 9.94. The first-order chi connectivity index (χ1) is 9.76. The molecule has 0 fully saturated rings. The standard InChI is InChI=1S/C19H24O/c1-3-5-8-15-11-13-17(14-12-15)19(20)18-10-7-6-9-16(18)4-2/h6-7,9-14,19-20H,3-5,8H2,1-2H3. The fourth-order valence-electron chi connectivity index (χ4n) is 2.55. The highest BCUT2D eigenvalue weighted by Crippen LogP contribution is 2.25. The monoisotopic (exact) mass is 268 g/mol. The average molecular weight is 268 g/mol. The van der Waals surface area contributed by atoms with Crippen LogP contribution in [-0.2, 0) is 12.8 Å². The van der Waals surface area contributed by atoms with Gasteiger partial charge in [0.2, 0.25) is 0 Å². The van der Waals surface area contributed by atoms with Crippen molar-refractivity contribution in [3.63, 3.8) is 0 Å². The Morgan fingerprint density at radius 3 is 2.30 bits per heavy atom. The first-order valence-corrected chi connectivity index (χ1v) is 7.61. The van der Waals surface area contributed by atoms with Gasteiger partial charge in [0.05, 0.1) is 0 Å². The van der Waals surface area contributed by atoms with E-state index in [4.69, 9.17) is 0 Å². The molecule has 2 aromatic carbocycles. The molecule has 0 saturated heterocycles. The minimum atomic E-state index is -0.522. The van der Waals surface area contributed by atoms with E-state index in [0.717, 1.165) is 24.0 Å². The number of hydrogen-bond acceptors (Lipinski definition) is 1. The molecule has 0 aromatic heterocycles. The zero-order valence-electron chi connectivity index (χ0n) is 12.5. The summed E-state index contributed by atoms with van der Waals surface area (Å²) in [6, 6.07) is 16.5. The third kappa shape index (κ3) is 3.49. The van der Waals surface area contributed by atoms with E-state index in [2.05, 4.69) is 44.2 Å². The number of aryl methyl sites for hydroxylation is 2. The zero-order chi connectivity index (χ0) is 14.4. The van der Waals surface area contributed by atoms with Gasteiger partial charge in [-0.1, -0.05) is 68.8 Å². The summed E-state index contributed by atoms with van der Waals surface area (Å²) < 4.78 is 0. The number of aliphatic hydroxyl groups excluding tert-OH is 1. The molecule has 0 saturated carbocycles. The molecule has 0 bridgehead atoms. The lowest BCUT2D eigenvalue weighted by Crippen LogP contribution is -2.03. The van der Waals surface area contributed by atoms with Crippen molar-refractivity contribution in [2.24, 2.45) is 0 Å². The highest BCUT2D eigenvalue weighted by Gasteiger charge is 2.13. The van der Waals surface area contributed by atoms with Gasteiger partial charge in [-0.15, -0.1) is 0 Å². The van der Waals surface area contributed by atoms with Crippen molar-refractivity contribution in [1.82, 2.24) is 0 Å². The lowest BCUT2D eigenvalue weighted by molar-refractivity contribution is 0.219. The Kier molecular flexibility index (Phi) is 5.37. The predicted molar refractivity (Wildman–Crippen MR) is 84.9 cm³/mol. The van der Waals surface area contributed by atoms with Gasteiger partial charge >= 0.3 is 0 Å². The topological polar surface area (TPSA) is 20.2 Å². The summed E-state index contributed by atoms with van der Waals surface area (Å²) in [6.07, 6.45) is 3.99. The van der Waals surface area contributed by atoms with Crippen molar-refractivity contribution < 1.29 is 5.11 Å². The van der Waals surface area contributed by atoms with Crippen LogP contribution in [0.5, 0.6) is 0 Å². The second-order valence-electron chi connectivity index (χ2n) is 5.30. The molecule has 0 radical (unpaired) electrons. The van der Waals surface area contributed by atoms with Crippen LogP contribution in [0.4, 0.5) is 0 Å². The maximum absolute atomic E-state index is 10.6. The van der Waals surface area contributed by atoms with Gasteiger partial charge < -0.3 is 5.11 Å². The quantitative estimate of drug-likeness (QED) is 0.807. The van der Waals surface area contributed by atoms with Gasteiger partial charge in [0, 0.05) is 0 Å². The fourth-order valence-corrected chi connectivity index (χ4v) is 2.55. The largest absolute Gasteiger partial charge is 0.384 e. The predicted octanol–water partition coefficient (Wildman–Crippen LogP) is 4.67. The third-order valence-electron chi connectivity index (χ3n) is 3.85. The highest BCUT2D eigenvalue weighted by atomic mass is 16.3. The second-order valence-corrected chi connectivity index (χ2v) is 5.30. The average Bonchev–Trinajstić information content (AvgIpc) is 2.52. The zero-order valence-corrected chi connectivity index (χ0v) is 12.5. The number of rotatable bonds is 6. The lowest BCUT2D eigenvalue weighted by Gasteiger charge is -2.15. The Bertz CT molecular complexity index is 528. The van der Waals surface area contributed by atoms with Crippen molar-refractivity contribution in [3.05, 3.63) is 70.8 Å². The molecule has 2 rings (SSSR count). The Hall–Kier alpha value is -1.60. The van der Waals surface area contributed by atoms with Gasteiger partial charge in [0.25, 0.3) is 0 Å². The van der Waals surface area contributed by atoms with Crippen LogP contribution in [0, 0.1) is 0 Å². The van der Waals surface area contributed by atoms with Gasteiger partial charge in [-0.2, -0.15) is 0 Å². The Morgan fingerprint density at radius 2 is 1.65 bits per heavy atom. The molecular weight excluding hydrogens is 244 g/mol. The smallest absolute Gasteiger partial charge is 0.104 e. The van der Waals surface area contributed by atoms with E-state index >= 15 is 0 Å². The molecule has 0 aliphatic heterocycles. The second kappa shape index (κ2) is 7.25. The van der Waals surface area contributed by atoms with Crippen LogP contribution in [0.25, 0.3) is 0 Å². The Balaban J connectivity index is 2.18. The molecule has 0 spiro atoms. The van der Waals surface area contributed by atoms with E-state index in [0.29, 0.717) is 0 Å². The normalized spacial score (nSPS) is 12.3.